The Morgan fingerprint density at radius 3 is 2.68 bits per heavy atom. The van der Waals surface area contributed by atoms with Crippen molar-refractivity contribution < 1.29 is 13.9 Å². The first kappa shape index (κ1) is 22.0. The summed E-state index contributed by atoms with van der Waals surface area (Å²) in [5, 5.41) is 16.4. The van der Waals surface area contributed by atoms with Crippen LogP contribution in [0.2, 0.25) is 0 Å². The fourth-order valence-electron chi connectivity index (χ4n) is 4.62. The van der Waals surface area contributed by atoms with E-state index in [9.17, 15) is 4.39 Å². The molecule has 1 aliphatic carbocycles. The zero-order valence-corrected chi connectivity index (χ0v) is 19.0. The number of tetrazole rings is 1. The molecule has 1 fully saturated rings. The van der Waals surface area contributed by atoms with E-state index in [0.717, 1.165) is 29.8 Å². The van der Waals surface area contributed by atoms with Gasteiger partial charge in [0.25, 0.3) is 0 Å². The summed E-state index contributed by atoms with van der Waals surface area (Å²) in [7, 11) is 3.30. The Morgan fingerprint density at radius 1 is 1.12 bits per heavy atom. The van der Waals surface area contributed by atoms with Gasteiger partial charge in [-0.05, 0) is 71.3 Å². The fraction of sp³-hybridized carbons (Fsp3) is 0.280. The number of anilines is 1. The van der Waals surface area contributed by atoms with Gasteiger partial charge in [0.15, 0.2) is 5.82 Å². The first-order chi connectivity index (χ1) is 16.7. The van der Waals surface area contributed by atoms with E-state index in [2.05, 4.69) is 25.8 Å². The number of ether oxygens (including phenoxy) is 2. The third-order valence-electron chi connectivity index (χ3n) is 6.46. The number of halogens is 1. The van der Waals surface area contributed by atoms with E-state index >= 15 is 0 Å². The van der Waals surface area contributed by atoms with Crippen LogP contribution in [0.15, 0.2) is 67.0 Å². The quantitative estimate of drug-likeness (QED) is 0.421. The number of rotatable bonds is 8. The maximum atomic E-state index is 14.7. The third-order valence-corrected chi connectivity index (χ3v) is 6.46. The van der Waals surface area contributed by atoms with Crippen molar-refractivity contribution in [1.82, 2.24) is 25.2 Å². The molecule has 4 aromatic rings. The third kappa shape index (κ3) is 3.77. The highest BCUT2D eigenvalue weighted by Crippen LogP contribution is 2.49. The predicted octanol–water partition coefficient (Wildman–Crippen LogP) is 4.24. The summed E-state index contributed by atoms with van der Waals surface area (Å²) in [5.41, 5.74) is 2.16. The molecule has 34 heavy (non-hydrogen) atoms. The summed E-state index contributed by atoms with van der Waals surface area (Å²) in [6, 6.07) is 16.2. The maximum Gasteiger partial charge on any atom is 0.182 e. The second-order valence-electron chi connectivity index (χ2n) is 8.30. The molecule has 174 valence electrons. The van der Waals surface area contributed by atoms with Crippen LogP contribution >= 0.6 is 0 Å². The molecule has 2 aromatic carbocycles. The van der Waals surface area contributed by atoms with E-state index in [1.807, 2.05) is 30.3 Å². The second kappa shape index (κ2) is 9.18. The van der Waals surface area contributed by atoms with Crippen LogP contribution in [0, 0.1) is 11.7 Å². The van der Waals surface area contributed by atoms with Gasteiger partial charge in [0, 0.05) is 36.7 Å². The van der Waals surface area contributed by atoms with Crippen LogP contribution < -0.4 is 10.1 Å². The smallest absolute Gasteiger partial charge is 0.182 e. The van der Waals surface area contributed by atoms with Gasteiger partial charge in [-0.1, -0.05) is 12.1 Å². The Balaban J connectivity index is 1.58. The van der Waals surface area contributed by atoms with Gasteiger partial charge in [0.05, 0.1) is 13.7 Å². The van der Waals surface area contributed by atoms with E-state index in [-0.39, 0.29) is 11.7 Å². The molecule has 0 saturated heterocycles. The Kier molecular flexibility index (Phi) is 5.93. The van der Waals surface area contributed by atoms with Crippen LogP contribution in [0.25, 0.3) is 16.8 Å². The lowest BCUT2D eigenvalue weighted by Gasteiger charge is -2.49. The molecule has 2 atom stereocenters. The first-order valence-corrected chi connectivity index (χ1v) is 11.1. The number of pyridine rings is 1. The predicted molar refractivity (Wildman–Crippen MR) is 125 cm³/mol. The number of aromatic nitrogens is 5. The van der Waals surface area contributed by atoms with E-state index in [0.29, 0.717) is 23.7 Å². The fourth-order valence-corrected chi connectivity index (χ4v) is 4.62. The molecule has 9 heteroatoms. The van der Waals surface area contributed by atoms with Gasteiger partial charge >= 0.3 is 0 Å². The molecule has 2 heterocycles. The number of methoxy groups -OCH3 is 2. The minimum atomic E-state index is -0.603. The van der Waals surface area contributed by atoms with Gasteiger partial charge in [0.2, 0.25) is 0 Å². The second-order valence-corrected chi connectivity index (χ2v) is 8.30. The molecule has 1 N–H and O–H groups in total. The maximum absolute atomic E-state index is 14.7. The monoisotopic (exact) mass is 460 g/mol. The Labute approximate surface area is 196 Å². The van der Waals surface area contributed by atoms with Crippen LogP contribution in [0.3, 0.4) is 0 Å². The molecular weight excluding hydrogens is 435 g/mol. The normalized spacial score (nSPS) is 19.4. The average molecular weight is 461 g/mol. The van der Waals surface area contributed by atoms with Gasteiger partial charge in [-0.2, -0.15) is 4.68 Å². The standard InChI is InChI=1S/C25H25FN6O2/c1-33-16-18-9-12-25(18,24-29-30-31-32(24)22-5-3-4-6-23(22)34-2)28-19-7-8-21(26)20(15-19)17-10-13-27-14-11-17/h3-8,10-11,13-15,18,28H,9,12,16H2,1-2H3. The van der Waals surface area contributed by atoms with E-state index in [4.69, 9.17) is 9.47 Å². The summed E-state index contributed by atoms with van der Waals surface area (Å²) in [4.78, 5) is 4.03. The molecule has 5 rings (SSSR count). The molecule has 0 amide bonds. The molecule has 0 spiro atoms. The lowest BCUT2D eigenvalue weighted by atomic mass is 9.66. The van der Waals surface area contributed by atoms with Crippen LogP contribution in [0.1, 0.15) is 18.7 Å². The van der Waals surface area contributed by atoms with Crippen molar-refractivity contribution in [2.24, 2.45) is 5.92 Å². The highest BCUT2D eigenvalue weighted by molar-refractivity contribution is 5.69. The van der Waals surface area contributed by atoms with E-state index < -0.39 is 5.54 Å². The zero-order valence-electron chi connectivity index (χ0n) is 19.0. The minimum Gasteiger partial charge on any atom is -0.494 e. The lowest BCUT2D eigenvalue weighted by molar-refractivity contribution is 0.0415. The van der Waals surface area contributed by atoms with Gasteiger partial charge in [-0.3, -0.25) is 4.98 Å². The number of para-hydroxylation sites is 2. The SMILES string of the molecule is COCC1CCC1(Nc1ccc(F)c(-c2ccncc2)c1)c1nnnn1-c1ccccc1OC. The molecular formula is C25H25FN6O2. The molecule has 8 nitrogen and oxygen atoms in total. The van der Waals surface area contributed by atoms with Crippen LogP contribution in [0.5, 0.6) is 5.75 Å². The molecule has 1 aliphatic rings. The van der Waals surface area contributed by atoms with Crippen molar-refractivity contribution in [2.45, 2.75) is 18.4 Å². The minimum absolute atomic E-state index is 0.117. The van der Waals surface area contributed by atoms with Crippen molar-refractivity contribution in [3.8, 4) is 22.6 Å². The number of hydrogen-bond acceptors (Lipinski definition) is 7. The van der Waals surface area contributed by atoms with Crippen molar-refractivity contribution in [1.29, 1.82) is 0 Å². The highest BCUT2D eigenvalue weighted by Gasteiger charge is 2.52. The topological polar surface area (TPSA) is 87.0 Å². The summed E-state index contributed by atoms with van der Waals surface area (Å²) in [5.74, 6) is 1.13. The van der Waals surface area contributed by atoms with Crippen LogP contribution in [-0.2, 0) is 10.3 Å². The summed E-state index contributed by atoms with van der Waals surface area (Å²) in [6.07, 6.45) is 5.03. The van der Waals surface area contributed by atoms with Gasteiger partial charge in [-0.15, -0.1) is 5.10 Å². The number of benzene rings is 2. The molecule has 2 aromatic heterocycles. The molecule has 0 radical (unpaired) electrons. The van der Waals surface area contributed by atoms with E-state index in [1.54, 1.807) is 49.5 Å². The summed E-state index contributed by atoms with van der Waals surface area (Å²) in [6.45, 7) is 0.532. The Hall–Kier alpha value is -3.85. The number of nitrogens with one attached hydrogen (secondary N) is 1. The summed E-state index contributed by atoms with van der Waals surface area (Å²) >= 11 is 0. The van der Waals surface area contributed by atoms with Crippen molar-refractivity contribution >= 4 is 5.69 Å². The highest BCUT2D eigenvalue weighted by atomic mass is 19.1. The molecule has 2 unspecified atom stereocenters. The zero-order chi connectivity index (χ0) is 23.5. The lowest BCUT2D eigenvalue weighted by Crippen LogP contribution is -2.54. The molecule has 1 saturated carbocycles. The van der Waals surface area contributed by atoms with Crippen molar-refractivity contribution in [2.75, 3.05) is 26.1 Å². The van der Waals surface area contributed by atoms with E-state index in [1.165, 1.54) is 6.07 Å². The Morgan fingerprint density at radius 2 is 1.94 bits per heavy atom. The van der Waals surface area contributed by atoms with Crippen molar-refractivity contribution in [3.05, 3.63) is 78.6 Å². The number of nitrogens with zero attached hydrogens (tertiary/aromatic N) is 5. The summed E-state index contributed by atoms with van der Waals surface area (Å²) < 4.78 is 27.5. The Bertz CT molecular complexity index is 1280. The number of hydrogen-bond donors (Lipinski definition) is 1. The van der Waals surface area contributed by atoms with Crippen molar-refractivity contribution in [3.63, 3.8) is 0 Å². The first-order valence-electron chi connectivity index (χ1n) is 11.1. The van der Waals surface area contributed by atoms with Crippen LogP contribution in [-0.4, -0.2) is 46.0 Å². The van der Waals surface area contributed by atoms with Gasteiger partial charge < -0.3 is 14.8 Å². The largest absolute Gasteiger partial charge is 0.494 e. The molecule has 0 bridgehead atoms. The van der Waals surface area contributed by atoms with Gasteiger partial charge in [-0.25, -0.2) is 4.39 Å². The van der Waals surface area contributed by atoms with Crippen LogP contribution in [0.4, 0.5) is 10.1 Å². The average Bonchev–Trinajstić information content (AvgIpc) is 3.36. The van der Waals surface area contributed by atoms with Gasteiger partial charge in [0.1, 0.15) is 22.8 Å². The molecule has 0 aliphatic heterocycles.